The van der Waals surface area contributed by atoms with Gasteiger partial charge in [0.05, 0.1) is 6.54 Å². The number of fused-ring (bicyclic) bond motifs is 1. The Kier molecular flexibility index (Phi) is 5.07. The summed E-state index contributed by atoms with van der Waals surface area (Å²) in [6.07, 6.45) is 0.657. The molecule has 0 atom stereocenters. The summed E-state index contributed by atoms with van der Waals surface area (Å²) in [6.45, 7) is 5.69. The van der Waals surface area contributed by atoms with E-state index < -0.39 is 0 Å². The number of benzene rings is 2. The molecule has 0 aliphatic carbocycles. The third-order valence-electron chi connectivity index (χ3n) is 5.17. The first kappa shape index (κ1) is 16.9. The third-order valence-corrected chi connectivity index (χ3v) is 5.17. The number of amides is 1. The topological polar surface area (TPSA) is 44.8 Å². The molecule has 1 saturated heterocycles. The van der Waals surface area contributed by atoms with Crippen molar-refractivity contribution in [3.63, 3.8) is 0 Å². The Balaban J connectivity index is 1.45. The number of piperazine rings is 1. The number of anilines is 1. The smallest absolute Gasteiger partial charge is 0.410 e. The molecule has 0 radical (unpaired) electrons. The number of ether oxygens (including phenoxy) is 1. The molecule has 1 N–H and O–H groups in total. The van der Waals surface area contributed by atoms with Gasteiger partial charge in [-0.15, -0.1) is 0 Å². The van der Waals surface area contributed by atoms with Crippen molar-refractivity contribution in [1.29, 1.82) is 0 Å². The van der Waals surface area contributed by atoms with Gasteiger partial charge in [0, 0.05) is 38.4 Å². The maximum Gasteiger partial charge on any atom is 0.410 e. The summed E-state index contributed by atoms with van der Waals surface area (Å²) < 4.78 is 5.53. The van der Waals surface area contributed by atoms with Gasteiger partial charge in [0.1, 0.15) is 6.61 Å². The van der Waals surface area contributed by atoms with Crippen LogP contribution in [0.5, 0.6) is 0 Å². The molecule has 136 valence electrons. The van der Waals surface area contributed by atoms with Crippen molar-refractivity contribution in [3.05, 3.63) is 65.2 Å². The number of rotatable bonds is 3. The lowest BCUT2D eigenvalue weighted by Crippen LogP contribution is -2.45. The minimum atomic E-state index is -0.227. The highest BCUT2D eigenvalue weighted by molar-refractivity contribution is 5.69. The van der Waals surface area contributed by atoms with Gasteiger partial charge in [-0.3, -0.25) is 0 Å². The molecule has 2 aliphatic heterocycles. The van der Waals surface area contributed by atoms with Gasteiger partial charge in [-0.25, -0.2) is 4.79 Å². The molecule has 2 aromatic rings. The molecule has 5 heteroatoms. The molecule has 0 saturated carbocycles. The first-order valence-corrected chi connectivity index (χ1v) is 9.33. The second-order valence-electron chi connectivity index (χ2n) is 6.86. The largest absolute Gasteiger partial charge is 0.445 e. The van der Waals surface area contributed by atoms with Crippen LogP contribution in [0.4, 0.5) is 10.5 Å². The van der Waals surface area contributed by atoms with Crippen molar-refractivity contribution < 1.29 is 9.53 Å². The van der Waals surface area contributed by atoms with Gasteiger partial charge in [-0.1, -0.05) is 42.5 Å². The lowest BCUT2D eigenvalue weighted by atomic mass is 9.97. The summed E-state index contributed by atoms with van der Waals surface area (Å²) in [6, 6.07) is 16.3. The predicted octanol–water partition coefficient (Wildman–Crippen LogP) is 2.79. The number of carbonyl (C=O) groups is 1. The Labute approximate surface area is 154 Å². The summed E-state index contributed by atoms with van der Waals surface area (Å²) in [5, 5.41) is 3.40. The zero-order valence-corrected chi connectivity index (χ0v) is 15.0. The van der Waals surface area contributed by atoms with E-state index in [1.807, 2.05) is 35.2 Å². The van der Waals surface area contributed by atoms with E-state index in [9.17, 15) is 4.79 Å². The Morgan fingerprint density at radius 2 is 1.81 bits per heavy atom. The Morgan fingerprint density at radius 1 is 1.00 bits per heavy atom. The van der Waals surface area contributed by atoms with Crippen molar-refractivity contribution in [3.8, 4) is 0 Å². The van der Waals surface area contributed by atoms with Crippen molar-refractivity contribution in [2.24, 2.45) is 0 Å². The van der Waals surface area contributed by atoms with Gasteiger partial charge in [-0.05, 0) is 29.2 Å². The third kappa shape index (κ3) is 3.68. The van der Waals surface area contributed by atoms with Crippen LogP contribution in [0.1, 0.15) is 16.7 Å². The van der Waals surface area contributed by atoms with Crippen LogP contribution in [0.25, 0.3) is 0 Å². The van der Waals surface area contributed by atoms with Crippen LogP contribution in [0.15, 0.2) is 48.5 Å². The minimum absolute atomic E-state index is 0.227. The molecule has 0 bridgehead atoms. The number of nitrogens with one attached hydrogen (secondary N) is 1. The molecule has 0 aromatic heterocycles. The lowest BCUT2D eigenvalue weighted by molar-refractivity contribution is 0.0919. The maximum atomic E-state index is 12.5. The highest BCUT2D eigenvalue weighted by Crippen LogP contribution is 2.29. The Morgan fingerprint density at radius 3 is 2.62 bits per heavy atom. The summed E-state index contributed by atoms with van der Waals surface area (Å²) in [4.78, 5) is 16.8. The number of nitrogens with zero attached hydrogens (tertiary/aromatic N) is 2. The van der Waals surface area contributed by atoms with Gasteiger partial charge < -0.3 is 19.9 Å². The van der Waals surface area contributed by atoms with Gasteiger partial charge in [-0.2, -0.15) is 0 Å². The van der Waals surface area contributed by atoms with Crippen LogP contribution in [-0.2, 0) is 24.3 Å². The average molecular weight is 351 g/mol. The number of hydrogen-bond donors (Lipinski definition) is 1. The fraction of sp³-hybridized carbons (Fsp3) is 0.381. The SMILES string of the molecule is O=C(OCc1ccccc1)N1CCc2cccc(N3CCNCC3)c2C1. The van der Waals surface area contributed by atoms with Gasteiger partial charge in [0.15, 0.2) is 0 Å². The van der Waals surface area contributed by atoms with Crippen molar-refractivity contribution >= 4 is 11.8 Å². The molecule has 5 nitrogen and oxygen atoms in total. The normalized spacial score (nSPS) is 16.9. The van der Waals surface area contributed by atoms with E-state index in [0.717, 1.165) is 38.2 Å². The maximum absolute atomic E-state index is 12.5. The lowest BCUT2D eigenvalue weighted by Gasteiger charge is -2.35. The fourth-order valence-corrected chi connectivity index (χ4v) is 3.73. The van der Waals surface area contributed by atoms with Crippen LogP contribution in [0.3, 0.4) is 0 Å². The second kappa shape index (κ2) is 7.79. The van der Waals surface area contributed by atoms with Crippen LogP contribution >= 0.6 is 0 Å². The molecule has 1 fully saturated rings. The summed E-state index contributed by atoms with van der Waals surface area (Å²) >= 11 is 0. The van der Waals surface area contributed by atoms with E-state index in [1.54, 1.807) is 0 Å². The molecule has 0 unspecified atom stereocenters. The predicted molar refractivity (Wildman–Crippen MR) is 102 cm³/mol. The molecule has 2 heterocycles. The minimum Gasteiger partial charge on any atom is -0.445 e. The van der Waals surface area contributed by atoms with Crippen LogP contribution < -0.4 is 10.2 Å². The molecule has 2 aromatic carbocycles. The summed E-state index contributed by atoms with van der Waals surface area (Å²) in [7, 11) is 0. The van der Waals surface area contributed by atoms with Crippen LogP contribution in [-0.4, -0.2) is 43.7 Å². The van der Waals surface area contributed by atoms with Crippen molar-refractivity contribution in [1.82, 2.24) is 10.2 Å². The fourth-order valence-electron chi connectivity index (χ4n) is 3.73. The van der Waals surface area contributed by atoms with E-state index in [4.69, 9.17) is 4.74 Å². The zero-order valence-electron chi connectivity index (χ0n) is 15.0. The van der Waals surface area contributed by atoms with Crippen LogP contribution in [0, 0.1) is 0 Å². The molecule has 1 amide bonds. The van der Waals surface area contributed by atoms with Crippen molar-refractivity contribution in [2.45, 2.75) is 19.6 Å². The summed E-state index contributed by atoms with van der Waals surface area (Å²) in [5.41, 5.74) is 4.91. The van der Waals surface area contributed by atoms with Crippen LogP contribution in [0.2, 0.25) is 0 Å². The molecule has 26 heavy (non-hydrogen) atoms. The highest BCUT2D eigenvalue weighted by atomic mass is 16.6. The summed E-state index contributed by atoms with van der Waals surface area (Å²) in [5.74, 6) is 0. The molecule has 0 spiro atoms. The molecular formula is C21H25N3O2. The van der Waals surface area contributed by atoms with E-state index in [-0.39, 0.29) is 6.09 Å². The second-order valence-corrected chi connectivity index (χ2v) is 6.86. The van der Waals surface area contributed by atoms with Gasteiger partial charge >= 0.3 is 6.09 Å². The molecule has 4 rings (SSSR count). The highest BCUT2D eigenvalue weighted by Gasteiger charge is 2.25. The molecule has 2 aliphatic rings. The molecular weight excluding hydrogens is 326 g/mol. The van der Waals surface area contributed by atoms with E-state index in [1.165, 1.54) is 16.8 Å². The first-order valence-electron chi connectivity index (χ1n) is 9.33. The quantitative estimate of drug-likeness (QED) is 0.924. The van der Waals surface area contributed by atoms with E-state index in [0.29, 0.717) is 19.7 Å². The van der Waals surface area contributed by atoms with E-state index in [2.05, 4.69) is 28.4 Å². The van der Waals surface area contributed by atoms with Crippen molar-refractivity contribution in [2.75, 3.05) is 37.6 Å². The van der Waals surface area contributed by atoms with Gasteiger partial charge in [0.25, 0.3) is 0 Å². The standard InChI is InChI=1S/C21H25N3O2/c25-21(26-16-17-5-2-1-3-6-17)24-12-9-18-7-4-8-20(19(18)15-24)23-13-10-22-11-14-23/h1-8,22H,9-16H2. The average Bonchev–Trinajstić information content (AvgIpc) is 2.72. The number of carbonyl (C=O) groups excluding carboxylic acids is 1. The Bertz CT molecular complexity index is 757. The zero-order chi connectivity index (χ0) is 17.8. The Hall–Kier alpha value is -2.53. The van der Waals surface area contributed by atoms with E-state index >= 15 is 0 Å². The van der Waals surface area contributed by atoms with Gasteiger partial charge in [0.2, 0.25) is 0 Å². The number of hydrogen-bond acceptors (Lipinski definition) is 4. The first-order chi connectivity index (χ1) is 12.8. The monoisotopic (exact) mass is 351 g/mol.